The molecule has 1 N–H and O–H groups in total. The van der Waals surface area contributed by atoms with E-state index in [0.29, 0.717) is 11.5 Å². The third-order valence-electron chi connectivity index (χ3n) is 2.58. The van der Waals surface area contributed by atoms with Crippen LogP contribution < -0.4 is 14.8 Å². The Morgan fingerprint density at radius 2 is 1.59 bits per heavy atom. The Morgan fingerprint density at radius 3 is 2.09 bits per heavy atom. The van der Waals surface area contributed by atoms with Crippen LogP contribution in [-0.4, -0.2) is 52.3 Å². The van der Waals surface area contributed by atoms with Crippen molar-refractivity contribution in [3.05, 3.63) is 23.8 Å². The SMILES string of the molecule is COC(=O)CNC(=O)COC(=O)c1cc(OC)cc(OC)c1. The predicted octanol–water partition coefficient (Wildman–Crippen LogP) is 0.150. The molecule has 0 atom stereocenters. The summed E-state index contributed by atoms with van der Waals surface area (Å²) in [6.07, 6.45) is 0. The Hall–Kier alpha value is -2.77. The number of hydrogen-bond donors (Lipinski definition) is 1. The summed E-state index contributed by atoms with van der Waals surface area (Å²) in [6, 6.07) is 4.51. The highest BCUT2D eigenvalue weighted by Crippen LogP contribution is 2.22. The van der Waals surface area contributed by atoms with Crippen LogP contribution in [0.1, 0.15) is 10.4 Å². The van der Waals surface area contributed by atoms with Crippen LogP contribution in [0.2, 0.25) is 0 Å². The van der Waals surface area contributed by atoms with E-state index in [1.165, 1.54) is 33.5 Å². The third-order valence-corrected chi connectivity index (χ3v) is 2.58. The lowest BCUT2D eigenvalue weighted by Gasteiger charge is -2.09. The van der Waals surface area contributed by atoms with Crippen molar-refractivity contribution in [2.45, 2.75) is 0 Å². The average Bonchev–Trinajstić information content (AvgIpc) is 2.56. The number of benzene rings is 1. The Bertz CT molecular complexity index is 534. The van der Waals surface area contributed by atoms with Gasteiger partial charge in [0.2, 0.25) is 0 Å². The summed E-state index contributed by atoms with van der Waals surface area (Å²) in [5, 5.41) is 2.25. The summed E-state index contributed by atoms with van der Waals surface area (Å²) >= 11 is 0. The molecule has 22 heavy (non-hydrogen) atoms. The first-order chi connectivity index (χ1) is 10.5. The maximum Gasteiger partial charge on any atom is 0.338 e. The molecule has 0 heterocycles. The Kier molecular flexibility index (Phi) is 6.68. The van der Waals surface area contributed by atoms with Gasteiger partial charge >= 0.3 is 11.9 Å². The van der Waals surface area contributed by atoms with Crippen LogP contribution in [0.5, 0.6) is 11.5 Å². The molecule has 0 bridgehead atoms. The first kappa shape index (κ1) is 17.3. The van der Waals surface area contributed by atoms with E-state index in [-0.39, 0.29) is 12.1 Å². The summed E-state index contributed by atoms with van der Waals surface area (Å²) in [4.78, 5) is 34.1. The number of carbonyl (C=O) groups is 3. The number of rotatable bonds is 7. The Morgan fingerprint density at radius 1 is 1.00 bits per heavy atom. The molecule has 1 aromatic carbocycles. The molecule has 0 aliphatic heterocycles. The van der Waals surface area contributed by atoms with Crippen LogP contribution in [0.25, 0.3) is 0 Å². The molecule has 1 amide bonds. The number of hydrogen-bond acceptors (Lipinski definition) is 7. The van der Waals surface area contributed by atoms with Gasteiger partial charge in [0.15, 0.2) is 6.61 Å². The predicted molar refractivity (Wildman–Crippen MR) is 74.9 cm³/mol. The average molecular weight is 311 g/mol. The number of methoxy groups -OCH3 is 3. The summed E-state index contributed by atoms with van der Waals surface area (Å²) in [6.45, 7) is -0.810. The maximum absolute atomic E-state index is 11.9. The van der Waals surface area contributed by atoms with E-state index in [4.69, 9.17) is 14.2 Å². The molecule has 8 nitrogen and oxygen atoms in total. The molecule has 0 aliphatic carbocycles. The molecule has 0 aliphatic rings. The quantitative estimate of drug-likeness (QED) is 0.715. The largest absolute Gasteiger partial charge is 0.497 e. The molecule has 8 heteroatoms. The summed E-state index contributed by atoms with van der Waals surface area (Å²) in [5.74, 6) is -1.10. The van der Waals surface area contributed by atoms with Gasteiger partial charge in [-0.1, -0.05) is 0 Å². The monoisotopic (exact) mass is 311 g/mol. The van der Waals surface area contributed by atoms with Crippen molar-refractivity contribution in [3.63, 3.8) is 0 Å². The minimum atomic E-state index is -0.717. The second-order valence-electron chi connectivity index (χ2n) is 4.03. The van der Waals surface area contributed by atoms with Crippen LogP contribution in [0, 0.1) is 0 Å². The normalized spacial score (nSPS) is 9.59. The van der Waals surface area contributed by atoms with Gasteiger partial charge in [-0.15, -0.1) is 0 Å². The fraction of sp³-hybridized carbons (Fsp3) is 0.357. The zero-order valence-electron chi connectivity index (χ0n) is 12.5. The minimum Gasteiger partial charge on any atom is -0.497 e. The van der Waals surface area contributed by atoms with Crippen molar-refractivity contribution in [1.29, 1.82) is 0 Å². The molecular formula is C14H17NO7. The van der Waals surface area contributed by atoms with Gasteiger partial charge in [0, 0.05) is 6.07 Å². The van der Waals surface area contributed by atoms with Crippen LogP contribution in [0.15, 0.2) is 18.2 Å². The number of amides is 1. The highest BCUT2D eigenvalue weighted by Gasteiger charge is 2.13. The Balaban J connectivity index is 2.58. The molecule has 0 radical (unpaired) electrons. The summed E-state index contributed by atoms with van der Waals surface area (Å²) in [5.41, 5.74) is 0.178. The van der Waals surface area contributed by atoms with Gasteiger partial charge in [0.05, 0.1) is 26.9 Å². The van der Waals surface area contributed by atoms with Crippen molar-refractivity contribution in [1.82, 2.24) is 5.32 Å². The molecule has 120 valence electrons. The second-order valence-corrected chi connectivity index (χ2v) is 4.03. The number of nitrogens with one attached hydrogen (secondary N) is 1. The molecule has 0 unspecified atom stereocenters. The topological polar surface area (TPSA) is 100 Å². The highest BCUT2D eigenvalue weighted by atomic mass is 16.5. The van der Waals surface area contributed by atoms with Crippen LogP contribution in [0.4, 0.5) is 0 Å². The van der Waals surface area contributed by atoms with E-state index in [9.17, 15) is 14.4 Å². The molecular weight excluding hydrogens is 294 g/mol. The smallest absolute Gasteiger partial charge is 0.338 e. The number of esters is 2. The lowest BCUT2D eigenvalue weighted by Crippen LogP contribution is -2.33. The van der Waals surface area contributed by atoms with Gasteiger partial charge in [-0.2, -0.15) is 0 Å². The second kappa shape index (κ2) is 8.50. The fourth-order valence-electron chi connectivity index (χ4n) is 1.43. The van der Waals surface area contributed by atoms with Crippen molar-refractivity contribution in [2.75, 3.05) is 34.5 Å². The van der Waals surface area contributed by atoms with Crippen LogP contribution >= 0.6 is 0 Å². The van der Waals surface area contributed by atoms with E-state index in [0.717, 1.165) is 0 Å². The van der Waals surface area contributed by atoms with Gasteiger partial charge in [-0.25, -0.2) is 4.79 Å². The van der Waals surface area contributed by atoms with E-state index >= 15 is 0 Å². The van der Waals surface area contributed by atoms with Crippen molar-refractivity contribution in [2.24, 2.45) is 0 Å². The molecule has 0 saturated carbocycles. The zero-order valence-corrected chi connectivity index (χ0v) is 12.5. The first-order valence-electron chi connectivity index (χ1n) is 6.24. The first-order valence-corrected chi connectivity index (χ1v) is 6.24. The zero-order chi connectivity index (χ0) is 16.5. The molecule has 0 spiro atoms. The van der Waals surface area contributed by atoms with E-state index in [2.05, 4.69) is 10.1 Å². The molecule has 0 aromatic heterocycles. The Labute approximate surface area is 127 Å². The van der Waals surface area contributed by atoms with Gasteiger partial charge in [-0.3, -0.25) is 9.59 Å². The van der Waals surface area contributed by atoms with Gasteiger partial charge in [-0.05, 0) is 12.1 Å². The number of carbonyl (C=O) groups excluding carboxylic acids is 3. The highest BCUT2D eigenvalue weighted by molar-refractivity contribution is 5.92. The van der Waals surface area contributed by atoms with Gasteiger partial charge in [0.25, 0.3) is 5.91 Å². The van der Waals surface area contributed by atoms with E-state index < -0.39 is 24.5 Å². The molecule has 1 aromatic rings. The van der Waals surface area contributed by atoms with E-state index in [1.54, 1.807) is 6.07 Å². The minimum absolute atomic E-state index is 0.178. The van der Waals surface area contributed by atoms with E-state index in [1.807, 2.05) is 0 Å². The molecule has 0 saturated heterocycles. The van der Waals surface area contributed by atoms with Crippen molar-refractivity contribution < 1.29 is 33.3 Å². The standard InChI is InChI=1S/C14H17NO7/c1-19-10-4-9(5-11(6-10)20-2)14(18)22-8-12(16)15-7-13(17)21-3/h4-6H,7-8H2,1-3H3,(H,15,16). The van der Waals surface area contributed by atoms with Gasteiger partial charge in [0.1, 0.15) is 18.0 Å². The molecule has 1 rings (SSSR count). The van der Waals surface area contributed by atoms with Gasteiger partial charge < -0.3 is 24.3 Å². The lowest BCUT2D eigenvalue weighted by atomic mass is 10.2. The maximum atomic E-state index is 11.9. The number of ether oxygens (including phenoxy) is 4. The lowest BCUT2D eigenvalue weighted by molar-refractivity contribution is -0.141. The van der Waals surface area contributed by atoms with Crippen molar-refractivity contribution >= 4 is 17.8 Å². The summed E-state index contributed by atoms with van der Waals surface area (Å²) in [7, 11) is 4.10. The van der Waals surface area contributed by atoms with Crippen LogP contribution in [-0.2, 0) is 19.1 Å². The molecule has 0 fully saturated rings. The third kappa shape index (κ3) is 5.31. The summed E-state index contributed by atoms with van der Waals surface area (Å²) < 4.78 is 19.3. The van der Waals surface area contributed by atoms with Crippen LogP contribution in [0.3, 0.4) is 0 Å². The van der Waals surface area contributed by atoms with Crippen molar-refractivity contribution in [3.8, 4) is 11.5 Å². The fourth-order valence-corrected chi connectivity index (χ4v) is 1.43.